The van der Waals surface area contributed by atoms with Gasteiger partial charge in [-0.15, -0.1) is 0 Å². The standard InChI is InChI=1S/C11H18N2O3S/c1-3-16-7-6-13-11-5-4-9(8-10(11)12)17(2,14)15/h4-5,8,13H,3,6-7,12H2,1-2H3. The van der Waals surface area contributed by atoms with Crippen molar-refractivity contribution in [2.45, 2.75) is 11.8 Å². The summed E-state index contributed by atoms with van der Waals surface area (Å²) < 4.78 is 27.8. The molecule has 0 spiro atoms. The number of anilines is 2. The highest BCUT2D eigenvalue weighted by Crippen LogP contribution is 2.22. The summed E-state index contributed by atoms with van der Waals surface area (Å²) in [5.41, 5.74) is 6.91. The summed E-state index contributed by atoms with van der Waals surface area (Å²) in [6, 6.07) is 4.66. The molecule has 0 aliphatic rings. The Balaban J connectivity index is 2.70. The van der Waals surface area contributed by atoms with Crippen LogP contribution in [0.25, 0.3) is 0 Å². The zero-order valence-electron chi connectivity index (χ0n) is 10.1. The van der Waals surface area contributed by atoms with E-state index in [1.54, 1.807) is 6.07 Å². The van der Waals surface area contributed by atoms with Crippen LogP contribution >= 0.6 is 0 Å². The van der Waals surface area contributed by atoms with Crippen LogP contribution in [0, 0.1) is 0 Å². The lowest BCUT2D eigenvalue weighted by atomic mass is 10.2. The monoisotopic (exact) mass is 258 g/mol. The quantitative estimate of drug-likeness (QED) is 0.590. The fourth-order valence-corrected chi connectivity index (χ4v) is 1.99. The fraction of sp³-hybridized carbons (Fsp3) is 0.455. The molecule has 5 nitrogen and oxygen atoms in total. The van der Waals surface area contributed by atoms with Crippen LogP contribution in [0.1, 0.15) is 6.92 Å². The smallest absolute Gasteiger partial charge is 0.175 e. The number of ether oxygens (including phenoxy) is 1. The minimum absolute atomic E-state index is 0.227. The normalized spacial score (nSPS) is 11.4. The van der Waals surface area contributed by atoms with Gasteiger partial charge in [0.1, 0.15) is 0 Å². The average Bonchev–Trinajstić information content (AvgIpc) is 2.24. The van der Waals surface area contributed by atoms with E-state index in [2.05, 4.69) is 5.32 Å². The third-order valence-electron chi connectivity index (χ3n) is 2.22. The van der Waals surface area contributed by atoms with Crippen molar-refractivity contribution < 1.29 is 13.2 Å². The van der Waals surface area contributed by atoms with Gasteiger partial charge in [-0.1, -0.05) is 0 Å². The van der Waals surface area contributed by atoms with Crippen molar-refractivity contribution in [2.24, 2.45) is 0 Å². The zero-order valence-corrected chi connectivity index (χ0v) is 10.9. The molecule has 96 valence electrons. The summed E-state index contributed by atoms with van der Waals surface area (Å²) in [4.78, 5) is 0.227. The molecule has 0 radical (unpaired) electrons. The molecule has 0 heterocycles. The maximum Gasteiger partial charge on any atom is 0.175 e. The molecule has 0 aromatic heterocycles. The number of nitrogen functional groups attached to an aromatic ring is 1. The van der Waals surface area contributed by atoms with E-state index in [0.29, 0.717) is 25.4 Å². The van der Waals surface area contributed by atoms with Gasteiger partial charge in [-0.2, -0.15) is 0 Å². The van der Waals surface area contributed by atoms with E-state index in [0.717, 1.165) is 11.9 Å². The number of benzene rings is 1. The first-order valence-electron chi connectivity index (χ1n) is 5.36. The predicted octanol–water partition coefficient (Wildman–Crippen LogP) is 1.12. The third kappa shape index (κ3) is 4.24. The Morgan fingerprint density at radius 1 is 1.41 bits per heavy atom. The first-order chi connectivity index (χ1) is 7.95. The lowest BCUT2D eigenvalue weighted by Crippen LogP contribution is -2.11. The van der Waals surface area contributed by atoms with Crippen molar-refractivity contribution in [1.82, 2.24) is 0 Å². The molecule has 1 aromatic rings. The van der Waals surface area contributed by atoms with Crippen molar-refractivity contribution in [3.63, 3.8) is 0 Å². The van der Waals surface area contributed by atoms with Gasteiger partial charge < -0.3 is 15.8 Å². The van der Waals surface area contributed by atoms with Crippen molar-refractivity contribution in [1.29, 1.82) is 0 Å². The topological polar surface area (TPSA) is 81.4 Å². The number of nitrogens with two attached hydrogens (primary N) is 1. The maximum atomic E-state index is 11.3. The Labute approximate surface area is 102 Å². The van der Waals surface area contributed by atoms with Gasteiger partial charge in [-0.25, -0.2) is 8.42 Å². The van der Waals surface area contributed by atoms with Crippen LogP contribution in [0.4, 0.5) is 11.4 Å². The Morgan fingerprint density at radius 3 is 2.65 bits per heavy atom. The van der Waals surface area contributed by atoms with E-state index in [9.17, 15) is 8.42 Å². The third-order valence-corrected chi connectivity index (χ3v) is 3.33. The Morgan fingerprint density at radius 2 is 2.12 bits per heavy atom. The molecule has 0 amide bonds. The summed E-state index contributed by atoms with van der Waals surface area (Å²) in [6.07, 6.45) is 1.16. The summed E-state index contributed by atoms with van der Waals surface area (Å²) in [7, 11) is -3.20. The lowest BCUT2D eigenvalue weighted by molar-refractivity contribution is 0.158. The molecule has 1 aromatic carbocycles. The summed E-state index contributed by atoms with van der Waals surface area (Å²) in [6.45, 7) is 3.82. The van der Waals surface area contributed by atoms with Crippen molar-refractivity contribution >= 4 is 21.2 Å². The Kier molecular flexibility index (Phi) is 4.77. The largest absolute Gasteiger partial charge is 0.397 e. The van der Waals surface area contributed by atoms with E-state index in [1.807, 2.05) is 6.92 Å². The number of hydrogen-bond donors (Lipinski definition) is 2. The van der Waals surface area contributed by atoms with Crippen molar-refractivity contribution in [3.05, 3.63) is 18.2 Å². The highest BCUT2D eigenvalue weighted by Gasteiger charge is 2.08. The molecule has 0 bridgehead atoms. The first-order valence-corrected chi connectivity index (χ1v) is 7.25. The molecule has 0 saturated heterocycles. The van der Waals surface area contributed by atoms with Crippen LogP contribution in [-0.2, 0) is 14.6 Å². The second-order valence-corrected chi connectivity index (χ2v) is 5.66. The molecular weight excluding hydrogens is 240 g/mol. The van der Waals surface area contributed by atoms with E-state index < -0.39 is 9.84 Å². The predicted molar refractivity (Wildman–Crippen MR) is 68.9 cm³/mol. The van der Waals surface area contributed by atoms with Crippen LogP contribution in [0.5, 0.6) is 0 Å². The fourth-order valence-electron chi connectivity index (χ4n) is 1.33. The average molecular weight is 258 g/mol. The molecule has 0 saturated carbocycles. The van der Waals surface area contributed by atoms with Gasteiger partial charge in [0.05, 0.1) is 22.9 Å². The van der Waals surface area contributed by atoms with E-state index >= 15 is 0 Å². The highest BCUT2D eigenvalue weighted by molar-refractivity contribution is 7.90. The molecule has 0 aliphatic carbocycles. The second-order valence-electron chi connectivity index (χ2n) is 3.64. The van der Waals surface area contributed by atoms with E-state index in [4.69, 9.17) is 10.5 Å². The van der Waals surface area contributed by atoms with Gasteiger partial charge in [-0.3, -0.25) is 0 Å². The van der Waals surface area contributed by atoms with Gasteiger partial charge in [0, 0.05) is 19.4 Å². The number of nitrogens with one attached hydrogen (secondary N) is 1. The van der Waals surface area contributed by atoms with E-state index in [-0.39, 0.29) is 4.90 Å². The summed E-state index contributed by atoms with van der Waals surface area (Å²) in [5.74, 6) is 0. The molecule has 6 heteroatoms. The van der Waals surface area contributed by atoms with Crippen LogP contribution < -0.4 is 11.1 Å². The molecule has 0 fully saturated rings. The van der Waals surface area contributed by atoms with E-state index in [1.165, 1.54) is 12.1 Å². The highest BCUT2D eigenvalue weighted by atomic mass is 32.2. The molecule has 0 unspecified atom stereocenters. The van der Waals surface area contributed by atoms with Crippen molar-refractivity contribution in [3.8, 4) is 0 Å². The number of sulfone groups is 1. The zero-order chi connectivity index (χ0) is 12.9. The van der Waals surface area contributed by atoms with Crippen molar-refractivity contribution in [2.75, 3.05) is 37.1 Å². The van der Waals surface area contributed by atoms with Crippen LogP contribution in [-0.4, -0.2) is 34.4 Å². The molecule has 0 aliphatic heterocycles. The molecule has 17 heavy (non-hydrogen) atoms. The Bertz CT molecular complexity index is 472. The molecule has 0 atom stereocenters. The maximum absolute atomic E-state index is 11.3. The Hall–Kier alpha value is -1.27. The van der Waals surface area contributed by atoms with Crippen LogP contribution in [0.15, 0.2) is 23.1 Å². The van der Waals surface area contributed by atoms with Crippen LogP contribution in [0.3, 0.4) is 0 Å². The van der Waals surface area contributed by atoms with Gasteiger partial charge in [0.25, 0.3) is 0 Å². The molecule has 3 N–H and O–H groups in total. The van der Waals surface area contributed by atoms with Gasteiger partial charge in [0.15, 0.2) is 9.84 Å². The SMILES string of the molecule is CCOCCNc1ccc(S(C)(=O)=O)cc1N. The molecular formula is C11H18N2O3S. The summed E-state index contributed by atoms with van der Waals surface area (Å²) >= 11 is 0. The molecule has 1 rings (SSSR count). The van der Waals surface area contributed by atoms with Gasteiger partial charge in [-0.05, 0) is 25.1 Å². The van der Waals surface area contributed by atoms with Gasteiger partial charge in [0.2, 0.25) is 0 Å². The first kappa shape index (κ1) is 13.8. The van der Waals surface area contributed by atoms with Crippen LogP contribution in [0.2, 0.25) is 0 Å². The summed E-state index contributed by atoms with van der Waals surface area (Å²) in [5, 5.41) is 3.08. The lowest BCUT2D eigenvalue weighted by Gasteiger charge is -2.10. The minimum atomic E-state index is -3.20. The van der Waals surface area contributed by atoms with Gasteiger partial charge >= 0.3 is 0 Å². The number of rotatable bonds is 6. The number of hydrogen-bond acceptors (Lipinski definition) is 5. The minimum Gasteiger partial charge on any atom is -0.397 e. The second kappa shape index (κ2) is 5.88.